The zero-order valence-electron chi connectivity index (χ0n) is 9.91. The monoisotopic (exact) mass is 253 g/mol. The Morgan fingerprint density at radius 3 is 2.42 bits per heavy atom. The molecule has 94 valence electrons. The Bertz CT molecular complexity index is 697. The summed E-state index contributed by atoms with van der Waals surface area (Å²) >= 11 is 0. The second-order valence-corrected chi connectivity index (χ2v) is 4.14. The summed E-state index contributed by atoms with van der Waals surface area (Å²) in [6, 6.07) is 11.7. The fraction of sp³-hybridized carbons (Fsp3) is 0. The Morgan fingerprint density at radius 1 is 0.947 bits per heavy atom. The van der Waals surface area contributed by atoms with Crippen LogP contribution in [0.25, 0.3) is 17.3 Å². The number of aromatic nitrogens is 1. The molecule has 2 aromatic rings. The van der Waals surface area contributed by atoms with Crippen molar-refractivity contribution >= 4 is 17.5 Å². The van der Waals surface area contributed by atoms with Crippen molar-refractivity contribution in [2.75, 3.05) is 0 Å². The summed E-state index contributed by atoms with van der Waals surface area (Å²) in [5, 5.41) is 24.3. The Morgan fingerprint density at radius 2 is 1.74 bits per heavy atom. The maximum absolute atomic E-state index is 9.07. The van der Waals surface area contributed by atoms with Gasteiger partial charge in [0, 0.05) is 17.0 Å². The smallest absolute Gasteiger partial charge is 0.141 e. The lowest BCUT2D eigenvalue weighted by Gasteiger charge is -2.07. The van der Waals surface area contributed by atoms with E-state index >= 15 is 0 Å². The Hall–Kier alpha value is -2.82. The number of nitrogens with one attached hydrogen (secondary N) is 1. The van der Waals surface area contributed by atoms with Crippen LogP contribution in [0.15, 0.2) is 52.8 Å². The summed E-state index contributed by atoms with van der Waals surface area (Å²) in [7, 11) is 0. The zero-order valence-corrected chi connectivity index (χ0v) is 9.91. The maximum Gasteiger partial charge on any atom is 0.141 e. The molecule has 0 atom stereocenters. The Labute approximate surface area is 109 Å². The number of hydrogen-bond donors (Lipinski definition) is 3. The van der Waals surface area contributed by atoms with Crippen LogP contribution in [-0.4, -0.2) is 26.8 Å². The summed E-state index contributed by atoms with van der Waals surface area (Å²) in [4.78, 5) is 3.24. The van der Waals surface area contributed by atoms with E-state index < -0.39 is 0 Å². The van der Waals surface area contributed by atoms with Gasteiger partial charge in [0.1, 0.15) is 11.4 Å². The minimum atomic E-state index is 0.230. The molecule has 1 aliphatic carbocycles. The molecule has 3 rings (SSSR count). The van der Waals surface area contributed by atoms with E-state index in [0.29, 0.717) is 5.56 Å². The highest BCUT2D eigenvalue weighted by atomic mass is 16.4. The average molecular weight is 253 g/mol. The normalized spacial score (nSPS) is 17.9. The van der Waals surface area contributed by atoms with Gasteiger partial charge in [0.15, 0.2) is 0 Å². The number of fused-ring (bicyclic) bond motifs is 1. The molecule has 0 radical (unpaired) electrons. The second kappa shape index (κ2) is 4.45. The molecule has 0 amide bonds. The number of hydrogen-bond acceptors (Lipinski definition) is 4. The van der Waals surface area contributed by atoms with Gasteiger partial charge in [-0.15, -0.1) is 0 Å². The number of allylic oxidation sites excluding steroid dienone is 1. The Kier molecular flexibility index (Phi) is 2.64. The first-order valence-electron chi connectivity index (χ1n) is 5.75. The molecule has 19 heavy (non-hydrogen) atoms. The lowest BCUT2D eigenvalue weighted by Crippen LogP contribution is -2.17. The van der Waals surface area contributed by atoms with Gasteiger partial charge in [-0.05, 0) is 23.8 Å². The van der Waals surface area contributed by atoms with Crippen molar-refractivity contribution in [3.63, 3.8) is 0 Å². The average Bonchev–Trinajstić information content (AvgIpc) is 2.91. The van der Waals surface area contributed by atoms with Crippen LogP contribution in [0.2, 0.25) is 0 Å². The van der Waals surface area contributed by atoms with Crippen LogP contribution < -0.4 is 0 Å². The van der Waals surface area contributed by atoms with Crippen molar-refractivity contribution in [2.45, 2.75) is 0 Å². The summed E-state index contributed by atoms with van der Waals surface area (Å²) in [6.07, 6.45) is 3.37. The number of H-pyrrole nitrogens is 1. The molecule has 0 bridgehead atoms. The summed E-state index contributed by atoms with van der Waals surface area (Å²) < 4.78 is 0. The van der Waals surface area contributed by atoms with Gasteiger partial charge in [-0.3, -0.25) is 0 Å². The van der Waals surface area contributed by atoms with Crippen LogP contribution in [0.5, 0.6) is 0 Å². The summed E-state index contributed by atoms with van der Waals surface area (Å²) in [5.74, 6) is 0. The zero-order chi connectivity index (χ0) is 13.2. The van der Waals surface area contributed by atoms with Gasteiger partial charge in [0.05, 0.1) is 0 Å². The SMILES string of the molecule is O/N=C1/C=Cc2[nH]c(-c3ccccc3)cc2/C1=N/O. The molecule has 0 saturated carbocycles. The first kappa shape index (κ1) is 11.3. The van der Waals surface area contributed by atoms with Gasteiger partial charge in [0.25, 0.3) is 0 Å². The standard InChI is InChI=1S/C14H11N3O2/c18-16-12-7-6-11-10(14(12)17-19)8-13(15-11)9-4-2-1-3-5-9/h1-8,15,18-19H/b16-12-,17-14-. The van der Waals surface area contributed by atoms with Crippen LogP contribution >= 0.6 is 0 Å². The molecule has 0 spiro atoms. The van der Waals surface area contributed by atoms with E-state index in [1.165, 1.54) is 0 Å². The first-order valence-corrected chi connectivity index (χ1v) is 5.75. The molecule has 3 N–H and O–H groups in total. The van der Waals surface area contributed by atoms with E-state index in [2.05, 4.69) is 15.3 Å². The van der Waals surface area contributed by atoms with Crippen LogP contribution in [0.1, 0.15) is 11.3 Å². The van der Waals surface area contributed by atoms with Crippen molar-refractivity contribution in [2.24, 2.45) is 10.3 Å². The topological polar surface area (TPSA) is 81.0 Å². The minimum absolute atomic E-state index is 0.230. The molecule has 0 unspecified atom stereocenters. The fourth-order valence-corrected chi connectivity index (χ4v) is 2.14. The van der Waals surface area contributed by atoms with Gasteiger partial charge in [-0.2, -0.15) is 0 Å². The molecule has 1 aromatic heterocycles. The number of nitrogens with zero attached hydrogens (tertiary/aromatic N) is 2. The number of aromatic amines is 1. The van der Waals surface area contributed by atoms with E-state index in [1.807, 2.05) is 36.4 Å². The van der Waals surface area contributed by atoms with Gasteiger partial charge in [0.2, 0.25) is 0 Å². The van der Waals surface area contributed by atoms with E-state index in [4.69, 9.17) is 10.4 Å². The van der Waals surface area contributed by atoms with Crippen molar-refractivity contribution in [1.29, 1.82) is 0 Å². The van der Waals surface area contributed by atoms with E-state index in [9.17, 15) is 0 Å². The van der Waals surface area contributed by atoms with E-state index in [-0.39, 0.29) is 11.4 Å². The van der Waals surface area contributed by atoms with Crippen molar-refractivity contribution in [1.82, 2.24) is 4.98 Å². The van der Waals surface area contributed by atoms with Gasteiger partial charge in [-0.25, -0.2) is 0 Å². The highest BCUT2D eigenvalue weighted by Crippen LogP contribution is 2.26. The predicted octanol–water partition coefficient (Wildman–Crippen LogP) is 2.72. The molecule has 0 aliphatic heterocycles. The second-order valence-electron chi connectivity index (χ2n) is 4.14. The van der Waals surface area contributed by atoms with E-state index in [1.54, 1.807) is 12.2 Å². The Balaban J connectivity index is 2.13. The van der Waals surface area contributed by atoms with Crippen LogP contribution in [0.4, 0.5) is 0 Å². The lowest BCUT2D eigenvalue weighted by atomic mass is 10.00. The molecule has 5 heteroatoms. The molecular formula is C14H11N3O2. The molecule has 0 fully saturated rings. The van der Waals surface area contributed by atoms with Crippen LogP contribution in [0, 0.1) is 0 Å². The third-order valence-electron chi connectivity index (χ3n) is 3.05. The van der Waals surface area contributed by atoms with Crippen molar-refractivity contribution < 1.29 is 10.4 Å². The largest absolute Gasteiger partial charge is 0.410 e. The van der Waals surface area contributed by atoms with Crippen LogP contribution in [0.3, 0.4) is 0 Å². The molecular weight excluding hydrogens is 242 g/mol. The quantitative estimate of drug-likeness (QED) is 0.539. The predicted molar refractivity (Wildman–Crippen MR) is 72.8 cm³/mol. The number of rotatable bonds is 1. The maximum atomic E-state index is 9.07. The highest BCUT2D eigenvalue weighted by Gasteiger charge is 2.21. The fourth-order valence-electron chi connectivity index (χ4n) is 2.14. The third kappa shape index (κ3) is 1.81. The van der Waals surface area contributed by atoms with Crippen LogP contribution in [-0.2, 0) is 0 Å². The van der Waals surface area contributed by atoms with Gasteiger partial charge in [-0.1, -0.05) is 40.6 Å². The van der Waals surface area contributed by atoms with E-state index in [0.717, 1.165) is 17.0 Å². The van der Waals surface area contributed by atoms with Gasteiger partial charge >= 0.3 is 0 Å². The van der Waals surface area contributed by atoms with Crippen molar-refractivity contribution in [3.8, 4) is 11.3 Å². The van der Waals surface area contributed by atoms with Crippen molar-refractivity contribution in [3.05, 3.63) is 53.7 Å². The summed E-state index contributed by atoms with van der Waals surface area (Å²) in [5.41, 5.74) is 3.95. The molecule has 5 nitrogen and oxygen atoms in total. The molecule has 0 saturated heterocycles. The molecule has 1 aliphatic rings. The lowest BCUT2D eigenvalue weighted by molar-refractivity contribution is 0.314. The highest BCUT2D eigenvalue weighted by molar-refractivity contribution is 6.54. The number of oxime groups is 2. The number of benzene rings is 1. The minimum Gasteiger partial charge on any atom is -0.410 e. The molecule has 1 aromatic carbocycles. The summed E-state index contributed by atoms with van der Waals surface area (Å²) in [6.45, 7) is 0. The molecule has 1 heterocycles. The van der Waals surface area contributed by atoms with Gasteiger partial charge < -0.3 is 15.4 Å². The third-order valence-corrected chi connectivity index (χ3v) is 3.05. The first-order chi connectivity index (χ1) is 9.33.